The van der Waals surface area contributed by atoms with Gasteiger partial charge < -0.3 is 20.6 Å². The standard InChI is InChI=1S/C34H41F5N4O5S/c1-4-10-43(11-5-2)33(46)26-16-25(17-29(18-26)42-49(47,48)34(37,38)39)32(45)41-30(15-24-13-27(35)19-28(36)14-24)31(44)21-40-20-23-9-7-8-22(6-3)12-23/h7-9,12-14,16-19,30-31,40,42,44H,4-6,10-11,15,20-21H2,1-3H3,(H,41,45)/t30-,31+/m0/s1. The Morgan fingerprint density at radius 2 is 1.47 bits per heavy atom. The number of carbonyl (C=O) groups is 2. The van der Waals surface area contributed by atoms with Crippen LogP contribution in [0.1, 0.15) is 71.0 Å². The lowest BCUT2D eigenvalue weighted by Gasteiger charge is -2.26. The van der Waals surface area contributed by atoms with Crippen molar-refractivity contribution in [3.8, 4) is 0 Å². The minimum absolute atomic E-state index is 0.0861. The van der Waals surface area contributed by atoms with Crippen molar-refractivity contribution in [2.75, 3.05) is 24.4 Å². The van der Waals surface area contributed by atoms with E-state index in [0.717, 1.165) is 47.9 Å². The minimum Gasteiger partial charge on any atom is -0.390 e. The van der Waals surface area contributed by atoms with Gasteiger partial charge in [0.25, 0.3) is 11.8 Å². The molecule has 3 aromatic rings. The summed E-state index contributed by atoms with van der Waals surface area (Å²) in [5.74, 6) is -3.41. The van der Waals surface area contributed by atoms with Crippen LogP contribution in [-0.4, -0.2) is 67.5 Å². The zero-order chi connectivity index (χ0) is 36.4. The van der Waals surface area contributed by atoms with Crippen molar-refractivity contribution in [2.24, 2.45) is 0 Å². The number of hydrogen-bond donors (Lipinski definition) is 4. The van der Waals surface area contributed by atoms with E-state index in [2.05, 4.69) is 10.6 Å². The maximum Gasteiger partial charge on any atom is 0.516 e. The van der Waals surface area contributed by atoms with Gasteiger partial charge in [-0.05, 0) is 72.7 Å². The Balaban J connectivity index is 1.97. The quantitative estimate of drug-likeness (QED) is 0.136. The molecule has 0 saturated carbocycles. The van der Waals surface area contributed by atoms with Crippen LogP contribution in [0.3, 0.4) is 0 Å². The molecule has 3 rings (SSSR count). The van der Waals surface area contributed by atoms with Crippen molar-refractivity contribution in [3.63, 3.8) is 0 Å². The first-order valence-electron chi connectivity index (χ1n) is 15.8. The second kappa shape index (κ2) is 17.5. The van der Waals surface area contributed by atoms with Crippen LogP contribution in [0.4, 0.5) is 27.6 Å². The van der Waals surface area contributed by atoms with Crippen LogP contribution in [0.5, 0.6) is 0 Å². The highest BCUT2D eigenvalue weighted by molar-refractivity contribution is 7.93. The van der Waals surface area contributed by atoms with E-state index in [1.54, 1.807) is 0 Å². The van der Waals surface area contributed by atoms with Gasteiger partial charge in [-0.3, -0.25) is 14.3 Å². The molecular formula is C34H41F5N4O5S. The van der Waals surface area contributed by atoms with E-state index >= 15 is 0 Å². The predicted octanol–water partition coefficient (Wildman–Crippen LogP) is 5.54. The Hall–Kier alpha value is -4.08. The summed E-state index contributed by atoms with van der Waals surface area (Å²) in [6, 6.07) is 12.1. The number of hydrogen-bond acceptors (Lipinski definition) is 6. The zero-order valence-electron chi connectivity index (χ0n) is 27.4. The van der Waals surface area contributed by atoms with Crippen molar-refractivity contribution in [1.29, 1.82) is 0 Å². The molecule has 0 heterocycles. The molecule has 0 unspecified atom stereocenters. The number of benzene rings is 3. The summed E-state index contributed by atoms with van der Waals surface area (Å²) in [5.41, 5.74) is -4.92. The maximum atomic E-state index is 14.0. The molecule has 2 atom stereocenters. The van der Waals surface area contributed by atoms with Crippen molar-refractivity contribution in [1.82, 2.24) is 15.5 Å². The number of halogens is 5. The van der Waals surface area contributed by atoms with Crippen LogP contribution in [0.2, 0.25) is 0 Å². The van der Waals surface area contributed by atoms with Gasteiger partial charge in [0.15, 0.2) is 0 Å². The molecule has 9 nitrogen and oxygen atoms in total. The first-order valence-corrected chi connectivity index (χ1v) is 17.3. The molecule has 0 bridgehead atoms. The third kappa shape index (κ3) is 11.5. The van der Waals surface area contributed by atoms with E-state index < -0.39 is 62.4 Å². The lowest BCUT2D eigenvalue weighted by molar-refractivity contribution is -0.0429. The fourth-order valence-corrected chi connectivity index (χ4v) is 5.72. The first-order chi connectivity index (χ1) is 23.1. The number of alkyl halides is 3. The SMILES string of the molecule is CCCN(CCC)C(=O)c1cc(NS(=O)(=O)C(F)(F)F)cc(C(=O)N[C@@H](Cc2cc(F)cc(F)c2)[C@H](O)CNCc2cccc(CC)c2)c1. The minimum atomic E-state index is -5.93. The number of aryl methyl sites for hydroxylation is 1. The third-order valence-corrected chi connectivity index (χ3v) is 8.63. The van der Waals surface area contributed by atoms with E-state index in [9.17, 15) is 45.1 Å². The van der Waals surface area contributed by atoms with Crippen LogP contribution in [0, 0.1) is 11.6 Å². The third-order valence-electron chi connectivity index (χ3n) is 7.51. The fraction of sp³-hybridized carbons (Fsp3) is 0.412. The lowest BCUT2D eigenvalue weighted by Crippen LogP contribution is -2.48. The highest BCUT2D eigenvalue weighted by Crippen LogP contribution is 2.27. The summed E-state index contributed by atoms with van der Waals surface area (Å²) in [5, 5.41) is 16.8. The van der Waals surface area contributed by atoms with Crippen molar-refractivity contribution in [2.45, 2.75) is 70.7 Å². The van der Waals surface area contributed by atoms with Crippen LogP contribution in [0.15, 0.2) is 60.7 Å². The molecule has 0 spiro atoms. The molecule has 49 heavy (non-hydrogen) atoms. The number of nitrogens with one attached hydrogen (secondary N) is 3. The Bertz CT molecular complexity index is 1680. The van der Waals surface area contributed by atoms with Crippen molar-refractivity contribution in [3.05, 3.63) is 100 Å². The van der Waals surface area contributed by atoms with E-state index in [4.69, 9.17) is 0 Å². The number of sulfonamides is 1. The predicted molar refractivity (Wildman–Crippen MR) is 176 cm³/mol. The first kappa shape index (κ1) is 39.4. The van der Waals surface area contributed by atoms with Gasteiger partial charge in [-0.1, -0.05) is 45.0 Å². The second-order valence-corrected chi connectivity index (χ2v) is 13.2. The highest BCUT2D eigenvalue weighted by Gasteiger charge is 2.46. The number of amides is 2. The lowest BCUT2D eigenvalue weighted by atomic mass is 9.99. The van der Waals surface area contributed by atoms with Crippen LogP contribution < -0.4 is 15.4 Å². The number of rotatable bonds is 17. The van der Waals surface area contributed by atoms with E-state index in [1.165, 1.54) is 9.62 Å². The van der Waals surface area contributed by atoms with Gasteiger partial charge in [0.2, 0.25) is 0 Å². The van der Waals surface area contributed by atoms with Gasteiger partial charge in [0.1, 0.15) is 11.6 Å². The van der Waals surface area contributed by atoms with Gasteiger partial charge in [0, 0.05) is 43.4 Å². The average molecular weight is 713 g/mol. The largest absolute Gasteiger partial charge is 0.516 e. The van der Waals surface area contributed by atoms with Crippen molar-refractivity contribution >= 4 is 27.5 Å². The zero-order valence-corrected chi connectivity index (χ0v) is 28.2. The van der Waals surface area contributed by atoms with Gasteiger partial charge >= 0.3 is 15.5 Å². The maximum absolute atomic E-state index is 14.0. The van der Waals surface area contributed by atoms with Crippen molar-refractivity contribution < 1.29 is 45.1 Å². The molecule has 0 saturated heterocycles. The van der Waals surface area contributed by atoms with Gasteiger partial charge in [-0.15, -0.1) is 0 Å². The topological polar surface area (TPSA) is 128 Å². The molecule has 0 aliphatic carbocycles. The molecule has 2 amide bonds. The monoisotopic (exact) mass is 712 g/mol. The summed E-state index contributed by atoms with van der Waals surface area (Å²) < 4.78 is 93.1. The van der Waals surface area contributed by atoms with Crippen LogP contribution in [0.25, 0.3) is 0 Å². The van der Waals surface area contributed by atoms with E-state index in [-0.39, 0.29) is 24.1 Å². The van der Waals surface area contributed by atoms with Gasteiger partial charge in [-0.25, -0.2) is 8.78 Å². The van der Waals surface area contributed by atoms with E-state index in [1.807, 2.05) is 45.0 Å². The molecule has 3 aromatic carbocycles. The van der Waals surface area contributed by atoms with Crippen LogP contribution >= 0.6 is 0 Å². The summed E-state index contributed by atoms with van der Waals surface area (Å²) in [7, 11) is -5.93. The number of aliphatic hydroxyl groups is 1. The molecule has 0 fully saturated rings. The molecule has 268 valence electrons. The summed E-state index contributed by atoms with van der Waals surface area (Å²) >= 11 is 0. The normalized spacial score (nSPS) is 13.1. The number of carbonyl (C=O) groups excluding carboxylic acids is 2. The molecule has 0 radical (unpaired) electrons. The Morgan fingerprint density at radius 3 is 2.06 bits per heavy atom. The summed E-state index contributed by atoms with van der Waals surface area (Å²) in [6.07, 6.45) is 0.315. The molecule has 15 heteroatoms. The Labute approximate surface area is 282 Å². The van der Waals surface area contributed by atoms with Gasteiger partial charge in [-0.2, -0.15) is 21.6 Å². The van der Waals surface area contributed by atoms with Crippen LogP contribution in [-0.2, 0) is 29.4 Å². The van der Waals surface area contributed by atoms with E-state index in [0.29, 0.717) is 38.5 Å². The number of nitrogens with zero attached hydrogens (tertiary/aromatic N) is 1. The Kier molecular flexibility index (Phi) is 14.1. The average Bonchev–Trinajstić information content (AvgIpc) is 3.02. The van der Waals surface area contributed by atoms with Gasteiger partial charge in [0.05, 0.1) is 17.8 Å². The Morgan fingerprint density at radius 1 is 0.857 bits per heavy atom. The number of anilines is 1. The summed E-state index contributed by atoms with van der Waals surface area (Å²) in [6.45, 7) is 6.48. The molecule has 4 N–H and O–H groups in total. The molecule has 0 aliphatic rings. The molecule has 0 aliphatic heterocycles. The molecule has 0 aromatic heterocycles. The fourth-order valence-electron chi connectivity index (χ4n) is 5.18. The smallest absolute Gasteiger partial charge is 0.390 e. The number of aliphatic hydroxyl groups excluding tert-OH is 1. The second-order valence-electron chi connectivity index (χ2n) is 11.6. The summed E-state index contributed by atoms with van der Waals surface area (Å²) in [4.78, 5) is 28.5. The molecular weight excluding hydrogens is 671 g/mol. The highest BCUT2D eigenvalue weighted by atomic mass is 32.2.